The molecule has 1 fully saturated rings. The zero-order valence-electron chi connectivity index (χ0n) is 26.3. The minimum atomic E-state index is -3.99. The number of methoxy groups -OCH3 is 1. The maximum absolute atomic E-state index is 14.8. The van der Waals surface area contributed by atoms with Gasteiger partial charge in [0.15, 0.2) is 17.3 Å². The Hall–Kier alpha value is -3.71. The van der Waals surface area contributed by atoms with Crippen LogP contribution < -0.4 is 14.8 Å². The number of benzene rings is 3. The number of aromatic nitrogens is 2. The van der Waals surface area contributed by atoms with Crippen molar-refractivity contribution in [3.8, 4) is 11.5 Å². The Morgan fingerprint density at radius 3 is 2.40 bits per heavy atom. The van der Waals surface area contributed by atoms with Crippen LogP contribution in [0, 0.1) is 5.82 Å². The number of carbonyl (C=O) groups is 1. The Morgan fingerprint density at radius 1 is 1.04 bits per heavy atom. The Kier molecular flexibility index (Phi) is 10.4. The lowest BCUT2D eigenvalue weighted by Crippen LogP contribution is -2.42. The van der Waals surface area contributed by atoms with E-state index < -0.39 is 15.9 Å². The normalized spacial score (nSPS) is 14.3. The molecule has 250 valence electrons. The molecule has 4 aromatic rings. The maximum Gasteiger partial charge on any atom is 0.296 e. The van der Waals surface area contributed by atoms with E-state index in [-0.39, 0.29) is 51.1 Å². The number of likely N-dealkylation sites (tertiary alicyclic amines) is 1. The fourth-order valence-corrected chi connectivity index (χ4v) is 6.37. The predicted molar refractivity (Wildman–Crippen MR) is 179 cm³/mol. The van der Waals surface area contributed by atoms with Gasteiger partial charge in [-0.05, 0) is 41.3 Å². The van der Waals surface area contributed by atoms with Gasteiger partial charge in [0, 0.05) is 37.4 Å². The van der Waals surface area contributed by atoms with Crippen LogP contribution in [0.5, 0.6) is 11.5 Å². The number of carbonyl (C=O) groups excluding carboxylic acids is 1. The van der Waals surface area contributed by atoms with E-state index in [2.05, 4.69) is 15.3 Å². The molecular formula is C33H35Cl2FN4O6S. The summed E-state index contributed by atoms with van der Waals surface area (Å²) in [5.41, 5.74) is 1.53. The van der Waals surface area contributed by atoms with E-state index >= 15 is 0 Å². The number of ether oxygens (including phenoxy) is 2. The van der Waals surface area contributed by atoms with Gasteiger partial charge in [-0.25, -0.2) is 14.4 Å². The molecule has 0 unspecified atom stereocenters. The van der Waals surface area contributed by atoms with Crippen LogP contribution in [-0.4, -0.2) is 62.1 Å². The van der Waals surface area contributed by atoms with Crippen LogP contribution in [0.1, 0.15) is 45.6 Å². The zero-order valence-corrected chi connectivity index (χ0v) is 28.7. The van der Waals surface area contributed by atoms with Crippen molar-refractivity contribution in [1.29, 1.82) is 0 Å². The van der Waals surface area contributed by atoms with Crippen LogP contribution in [-0.2, 0) is 24.5 Å². The van der Waals surface area contributed by atoms with Gasteiger partial charge in [0.2, 0.25) is 5.91 Å². The lowest BCUT2D eigenvalue weighted by molar-refractivity contribution is -0.133. The highest BCUT2D eigenvalue weighted by Gasteiger charge is 2.26. The van der Waals surface area contributed by atoms with E-state index in [1.165, 1.54) is 37.7 Å². The second-order valence-electron chi connectivity index (χ2n) is 12.1. The average Bonchev–Trinajstić information content (AvgIpc) is 3.04. The Balaban J connectivity index is 1.18. The number of hydrogen-bond acceptors (Lipinski definition) is 9. The van der Waals surface area contributed by atoms with Gasteiger partial charge >= 0.3 is 0 Å². The molecule has 14 heteroatoms. The van der Waals surface area contributed by atoms with Crippen molar-refractivity contribution >= 4 is 61.6 Å². The van der Waals surface area contributed by atoms with Gasteiger partial charge in [-0.2, -0.15) is 8.42 Å². The van der Waals surface area contributed by atoms with E-state index in [1.54, 1.807) is 29.2 Å². The number of halogens is 3. The van der Waals surface area contributed by atoms with Crippen LogP contribution in [0.3, 0.4) is 0 Å². The monoisotopic (exact) mass is 704 g/mol. The molecule has 1 aliphatic heterocycles. The molecule has 2 heterocycles. The minimum Gasteiger partial charge on any atom is -0.493 e. The molecule has 10 nitrogen and oxygen atoms in total. The van der Waals surface area contributed by atoms with Gasteiger partial charge in [0.25, 0.3) is 10.1 Å². The zero-order chi connectivity index (χ0) is 33.9. The van der Waals surface area contributed by atoms with Crippen LogP contribution in [0.2, 0.25) is 10.0 Å². The van der Waals surface area contributed by atoms with E-state index in [0.29, 0.717) is 54.2 Å². The Bertz CT molecular complexity index is 1880. The molecule has 5 rings (SSSR count). The topological polar surface area (TPSA) is 120 Å². The van der Waals surface area contributed by atoms with Crippen molar-refractivity contribution < 1.29 is 31.3 Å². The number of amides is 1. The van der Waals surface area contributed by atoms with E-state index in [0.717, 1.165) is 5.56 Å². The lowest BCUT2D eigenvalue weighted by atomic mass is 9.87. The molecule has 1 saturated heterocycles. The number of rotatable bonds is 10. The van der Waals surface area contributed by atoms with Gasteiger partial charge in [0.05, 0.1) is 46.3 Å². The van der Waals surface area contributed by atoms with Gasteiger partial charge < -0.3 is 19.7 Å². The first-order valence-corrected chi connectivity index (χ1v) is 17.1. The molecule has 0 radical (unpaired) electrons. The number of anilines is 2. The van der Waals surface area contributed by atoms with Crippen molar-refractivity contribution in [3.63, 3.8) is 0 Å². The smallest absolute Gasteiger partial charge is 0.296 e. The second-order valence-corrected chi connectivity index (χ2v) is 14.5. The number of piperidine rings is 1. The highest BCUT2D eigenvalue weighted by molar-refractivity contribution is 7.86. The minimum absolute atomic E-state index is 0.0519. The third kappa shape index (κ3) is 8.06. The van der Waals surface area contributed by atoms with Crippen molar-refractivity contribution in [2.24, 2.45) is 0 Å². The fraction of sp³-hybridized carbons (Fsp3) is 0.364. The summed E-state index contributed by atoms with van der Waals surface area (Å²) in [7, 11) is -2.47. The molecule has 0 saturated carbocycles. The molecule has 1 aliphatic rings. The first kappa shape index (κ1) is 34.6. The standard InChI is InChI=1S/C33H35Cl2FN4O6S/c1-33(2,3)20-5-7-22(8-6-20)47(42,43)45-16-13-29(41)40-14-11-21(12-15-40)46-28-17-23-26(18-27(28)44-4)37-19-38-32(23)39-25-10-9-24(34)30(35)31(25)36/h5-10,17-19,21H,11-16H2,1-4H3,(H,37,38,39). The summed E-state index contributed by atoms with van der Waals surface area (Å²) in [6.45, 7) is 6.73. The SMILES string of the molecule is COc1cc2ncnc(Nc3ccc(Cl)c(Cl)c3F)c2cc1OC1CCN(C(=O)CCOS(=O)(=O)c2ccc(C(C)(C)C)cc2)CC1. The molecular weight excluding hydrogens is 670 g/mol. The summed E-state index contributed by atoms with van der Waals surface area (Å²) in [4.78, 5) is 23.2. The molecule has 0 spiro atoms. The van der Waals surface area contributed by atoms with E-state index in [4.69, 9.17) is 36.9 Å². The quantitative estimate of drug-likeness (QED) is 0.134. The van der Waals surface area contributed by atoms with E-state index in [9.17, 15) is 17.6 Å². The Morgan fingerprint density at radius 2 is 1.74 bits per heavy atom. The summed E-state index contributed by atoms with van der Waals surface area (Å²) >= 11 is 11.9. The first-order valence-electron chi connectivity index (χ1n) is 14.9. The summed E-state index contributed by atoms with van der Waals surface area (Å²) in [5.74, 6) is 0.300. The van der Waals surface area contributed by atoms with Gasteiger partial charge in [0.1, 0.15) is 18.2 Å². The van der Waals surface area contributed by atoms with Gasteiger partial charge in [-0.1, -0.05) is 56.1 Å². The molecule has 1 amide bonds. The maximum atomic E-state index is 14.8. The van der Waals surface area contributed by atoms with Gasteiger partial charge in [-0.15, -0.1) is 0 Å². The van der Waals surface area contributed by atoms with Crippen LogP contribution in [0.25, 0.3) is 10.9 Å². The fourth-order valence-electron chi connectivity index (χ4n) is 5.15. The lowest BCUT2D eigenvalue weighted by Gasteiger charge is -2.32. The molecule has 1 aromatic heterocycles. The highest BCUT2D eigenvalue weighted by atomic mass is 35.5. The molecule has 47 heavy (non-hydrogen) atoms. The number of hydrogen-bond donors (Lipinski definition) is 1. The van der Waals surface area contributed by atoms with E-state index in [1.807, 2.05) is 20.8 Å². The van der Waals surface area contributed by atoms with Crippen molar-refractivity contribution in [2.45, 2.75) is 56.4 Å². The second kappa shape index (κ2) is 14.2. The van der Waals surface area contributed by atoms with Crippen LogP contribution >= 0.6 is 23.2 Å². The summed E-state index contributed by atoms with van der Waals surface area (Å²) in [6.07, 6.45) is 2.12. The largest absolute Gasteiger partial charge is 0.493 e. The Labute approximate surface area is 283 Å². The summed E-state index contributed by atoms with van der Waals surface area (Å²) < 4.78 is 57.1. The molecule has 0 atom stereocenters. The molecule has 0 aliphatic carbocycles. The third-order valence-corrected chi connectivity index (χ3v) is 9.97. The van der Waals surface area contributed by atoms with Gasteiger partial charge in [-0.3, -0.25) is 8.98 Å². The summed E-state index contributed by atoms with van der Waals surface area (Å²) in [5, 5.41) is 3.40. The molecule has 0 bridgehead atoms. The molecule has 3 aromatic carbocycles. The van der Waals surface area contributed by atoms with Crippen molar-refractivity contribution in [2.75, 3.05) is 32.1 Å². The van der Waals surface area contributed by atoms with Crippen LogP contribution in [0.4, 0.5) is 15.9 Å². The number of nitrogens with zero attached hydrogens (tertiary/aromatic N) is 3. The third-order valence-electron chi connectivity index (χ3n) is 7.86. The first-order chi connectivity index (χ1) is 22.3. The van der Waals surface area contributed by atoms with Crippen molar-refractivity contribution in [1.82, 2.24) is 14.9 Å². The van der Waals surface area contributed by atoms with Crippen LogP contribution in [0.15, 0.2) is 59.8 Å². The summed E-state index contributed by atoms with van der Waals surface area (Å²) in [6, 6.07) is 12.9. The highest BCUT2D eigenvalue weighted by Crippen LogP contribution is 2.37. The molecule has 1 N–H and O–H groups in total. The average molecular weight is 706 g/mol. The predicted octanol–water partition coefficient (Wildman–Crippen LogP) is 7.29. The van der Waals surface area contributed by atoms with Crippen molar-refractivity contribution in [3.05, 3.63) is 76.3 Å². The number of fused-ring (bicyclic) bond motifs is 1. The number of nitrogens with one attached hydrogen (secondary N) is 1.